The van der Waals surface area contributed by atoms with Crippen LogP contribution in [0.2, 0.25) is 0 Å². The lowest BCUT2D eigenvalue weighted by molar-refractivity contribution is 0.149. The summed E-state index contributed by atoms with van der Waals surface area (Å²) in [6.45, 7) is 6.41. The Morgan fingerprint density at radius 3 is 2.20 bits per heavy atom. The maximum atomic E-state index is 9.58. The first-order chi connectivity index (χ1) is 7.18. The summed E-state index contributed by atoms with van der Waals surface area (Å²) in [6.07, 6.45) is 8.07. The van der Waals surface area contributed by atoms with E-state index in [0.29, 0.717) is 5.92 Å². The molecule has 0 fully saturated rings. The van der Waals surface area contributed by atoms with Crippen LogP contribution < -0.4 is 0 Å². The highest BCUT2D eigenvalue weighted by molar-refractivity contribution is 7.99. The van der Waals surface area contributed by atoms with Crippen LogP contribution in [0.4, 0.5) is 0 Å². The molecule has 0 aliphatic rings. The van der Waals surface area contributed by atoms with Gasteiger partial charge in [0.15, 0.2) is 0 Å². The van der Waals surface area contributed by atoms with Crippen LogP contribution in [0.5, 0.6) is 0 Å². The highest BCUT2D eigenvalue weighted by Gasteiger charge is 2.07. The van der Waals surface area contributed by atoms with Gasteiger partial charge in [-0.15, -0.1) is 0 Å². The minimum Gasteiger partial charge on any atom is -0.392 e. The minimum atomic E-state index is -0.116. The third kappa shape index (κ3) is 10.6. The zero-order valence-electron chi connectivity index (χ0n) is 10.7. The van der Waals surface area contributed by atoms with E-state index in [4.69, 9.17) is 0 Å². The lowest BCUT2D eigenvalue weighted by atomic mass is 10.1. The van der Waals surface area contributed by atoms with Crippen molar-refractivity contribution in [2.45, 2.75) is 65.4 Å². The smallest absolute Gasteiger partial charge is 0.0653 e. The Kier molecular flexibility index (Phi) is 11.0. The molecule has 0 amide bonds. The van der Waals surface area contributed by atoms with E-state index in [1.807, 2.05) is 11.8 Å². The van der Waals surface area contributed by atoms with E-state index in [1.165, 1.54) is 44.3 Å². The molecule has 0 aromatic rings. The van der Waals surface area contributed by atoms with Crippen molar-refractivity contribution in [1.29, 1.82) is 0 Å². The molecule has 0 bridgehead atoms. The third-order valence-electron chi connectivity index (χ3n) is 2.70. The van der Waals surface area contributed by atoms with Crippen LogP contribution >= 0.6 is 11.8 Å². The van der Waals surface area contributed by atoms with E-state index < -0.39 is 0 Å². The Bertz CT molecular complexity index is 126. The maximum absolute atomic E-state index is 9.58. The Hall–Kier alpha value is 0.310. The summed E-state index contributed by atoms with van der Waals surface area (Å²) in [4.78, 5) is 0. The molecule has 1 unspecified atom stereocenters. The number of hydrogen-bond donors (Lipinski definition) is 1. The van der Waals surface area contributed by atoms with Crippen LogP contribution in [0.15, 0.2) is 0 Å². The van der Waals surface area contributed by atoms with E-state index >= 15 is 0 Å². The molecule has 0 radical (unpaired) electrons. The summed E-state index contributed by atoms with van der Waals surface area (Å²) < 4.78 is 0. The molecule has 0 saturated heterocycles. The number of aliphatic hydroxyl groups excluding tert-OH is 1. The van der Waals surface area contributed by atoms with Crippen LogP contribution in [0.1, 0.15) is 59.3 Å². The highest BCUT2D eigenvalue weighted by Crippen LogP contribution is 2.13. The van der Waals surface area contributed by atoms with Gasteiger partial charge in [-0.05, 0) is 18.1 Å². The van der Waals surface area contributed by atoms with Crippen molar-refractivity contribution in [3.8, 4) is 0 Å². The lowest BCUT2D eigenvalue weighted by Crippen LogP contribution is -2.17. The van der Waals surface area contributed by atoms with E-state index in [2.05, 4.69) is 20.8 Å². The molecule has 1 atom stereocenters. The van der Waals surface area contributed by atoms with Gasteiger partial charge in [-0.2, -0.15) is 11.8 Å². The van der Waals surface area contributed by atoms with Crippen molar-refractivity contribution in [3.63, 3.8) is 0 Å². The SMILES string of the molecule is CCCCCCCCSCC(O)C(C)C. The van der Waals surface area contributed by atoms with Crippen molar-refractivity contribution >= 4 is 11.8 Å². The first-order valence-electron chi connectivity index (χ1n) is 6.44. The molecule has 0 heterocycles. The van der Waals surface area contributed by atoms with Gasteiger partial charge >= 0.3 is 0 Å². The monoisotopic (exact) mass is 232 g/mol. The van der Waals surface area contributed by atoms with Gasteiger partial charge in [0, 0.05) is 5.75 Å². The number of unbranched alkanes of at least 4 members (excludes halogenated alkanes) is 5. The molecule has 0 aromatic carbocycles. The first-order valence-corrected chi connectivity index (χ1v) is 7.59. The third-order valence-corrected chi connectivity index (χ3v) is 3.85. The summed E-state index contributed by atoms with van der Waals surface area (Å²) in [6, 6.07) is 0. The summed E-state index contributed by atoms with van der Waals surface area (Å²) in [5, 5.41) is 9.58. The molecule has 92 valence electrons. The van der Waals surface area contributed by atoms with E-state index in [9.17, 15) is 5.11 Å². The largest absolute Gasteiger partial charge is 0.392 e. The predicted molar refractivity (Wildman–Crippen MR) is 71.5 cm³/mol. The Morgan fingerprint density at radius 2 is 1.60 bits per heavy atom. The quantitative estimate of drug-likeness (QED) is 0.572. The van der Waals surface area contributed by atoms with Crippen LogP contribution in [-0.4, -0.2) is 22.7 Å². The van der Waals surface area contributed by atoms with Crippen molar-refractivity contribution in [3.05, 3.63) is 0 Å². The average molecular weight is 232 g/mol. The molecule has 0 aliphatic heterocycles. The number of hydrogen-bond acceptors (Lipinski definition) is 2. The van der Waals surface area contributed by atoms with Gasteiger partial charge in [0.2, 0.25) is 0 Å². The fourth-order valence-electron chi connectivity index (χ4n) is 1.38. The van der Waals surface area contributed by atoms with Crippen LogP contribution in [-0.2, 0) is 0 Å². The van der Waals surface area contributed by atoms with Gasteiger partial charge in [-0.25, -0.2) is 0 Å². The molecule has 1 N–H and O–H groups in total. The normalized spacial score (nSPS) is 13.4. The average Bonchev–Trinajstić information content (AvgIpc) is 2.21. The summed E-state index contributed by atoms with van der Waals surface area (Å²) in [5.74, 6) is 2.53. The number of aliphatic hydroxyl groups is 1. The van der Waals surface area contributed by atoms with Gasteiger partial charge < -0.3 is 5.11 Å². The zero-order valence-corrected chi connectivity index (χ0v) is 11.5. The Morgan fingerprint density at radius 1 is 1.00 bits per heavy atom. The van der Waals surface area contributed by atoms with Crippen molar-refractivity contribution in [1.82, 2.24) is 0 Å². The van der Waals surface area contributed by atoms with E-state index in [0.717, 1.165) is 5.75 Å². The van der Waals surface area contributed by atoms with Crippen molar-refractivity contribution in [2.75, 3.05) is 11.5 Å². The second kappa shape index (κ2) is 10.8. The molecule has 2 heteroatoms. The summed E-state index contributed by atoms with van der Waals surface area (Å²) in [7, 11) is 0. The molecule has 0 rings (SSSR count). The van der Waals surface area contributed by atoms with E-state index in [1.54, 1.807) is 0 Å². The molecule has 0 aliphatic carbocycles. The molecular formula is C13H28OS. The maximum Gasteiger partial charge on any atom is 0.0653 e. The number of rotatable bonds is 10. The fourth-order valence-corrected chi connectivity index (χ4v) is 2.58. The Labute approximate surface area is 100 Å². The van der Waals surface area contributed by atoms with Crippen molar-refractivity contribution in [2.24, 2.45) is 5.92 Å². The molecule has 15 heavy (non-hydrogen) atoms. The number of thioether (sulfide) groups is 1. The Balaban J connectivity index is 3.05. The van der Waals surface area contributed by atoms with Crippen molar-refractivity contribution < 1.29 is 5.11 Å². The lowest BCUT2D eigenvalue weighted by Gasteiger charge is -2.13. The zero-order chi connectivity index (χ0) is 11.5. The second-order valence-electron chi connectivity index (χ2n) is 4.65. The molecule has 1 nitrogen and oxygen atoms in total. The topological polar surface area (TPSA) is 20.2 Å². The first kappa shape index (κ1) is 15.3. The van der Waals surface area contributed by atoms with Gasteiger partial charge in [-0.1, -0.05) is 52.9 Å². The highest BCUT2D eigenvalue weighted by atomic mass is 32.2. The standard InChI is InChI=1S/C13H28OS/c1-4-5-6-7-8-9-10-15-11-13(14)12(2)3/h12-14H,4-11H2,1-3H3. The second-order valence-corrected chi connectivity index (χ2v) is 5.80. The van der Waals surface area contributed by atoms with E-state index in [-0.39, 0.29) is 6.10 Å². The molecule has 0 spiro atoms. The fraction of sp³-hybridized carbons (Fsp3) is 1.00. The minimum absolute atomic E-state index is 0.116. The van der Waals surface area contributed by atoms with Crippen LogP contribution in [0.3, 0.4) is 0 Å². The predicted octanol–water partition coefficient (Wildman–Crippen LogP) is 4.10. The van der Waals surface area contributed by atoms with Gasteiger partial charge in [0.25, 0.3) is 0 Å². The summed E-state index contributed by atoms with van der Waals surface area (Å²) in [5.41, 5.74) is 0. The molecular weight excluding hydrogens is 204 g/mol. The molecule has 0 saturated carbocycles. The molecule has 0 aromatic heterocycles. The summed E-state index contributed by atoms with van der Waals surface area (Å²) >= 11 is 1.90. The van der Waals surface area contributed by atoms with Gasteiger partial charge in [0.05, 0.1) is 6.10 Å². The van der Waals surface area contributed by atoms with Crippen LogP contribution in [0.25, 0.3) is 0 Å². The van der Waals surface area contributed by atoms with Crippen LogP contribution in [0, 0.1) is 5.92 Å². The van der Waals surface area contributed by atoms with Gasteiger partial charge in [-0.3, -0.25) is 0 Å². The van der Waals surface area contributed by atoms with Gasteiger partial charge in [0.1, 0.15) is 0 Å².